The summed E-state index contributed by atoms with van der Waals surface area (Å²) in [6.07, 6.45) is -0.782. The number of aromatic nitrogens is 4. The molecule has 2 aromatic heterocycles. The molecule has 3 rings (SSSR count). The molecular weight excluding hydrogens is 319 g/mol. The van der Waals surface area contributed by atoms with Crippen LogP contribution in [-0.4, -0.2) is 64.1 Å². The van der Waals surface area contributed by atoms with Crippen LogP contribution in [0.15, 0.2) is 17.4 Å². The summed E-state index contributed by atoms with van der Waals surface area (Å²) in [7, 11) is 0. The number of rotatable bonds is 2. The average molecular weight is 330 g/mol. The number of imidazole rings is 1. The van der Waals surface area contributed by atoms with Gasteiger partial charge in [0.05, 0.1) is 0 Å². The number of hydrogen-bond donors (Lipinski definition) is 3. The molecule has 101 valence electrons. The molecule has 0 aromatic carbocycles. The first-order valence-corrected chi connectivity index (χ1v) is 6.84. The first kappa shape index (κ1) is 12.8. The zero-order chi connectivity index (χ0) is 13.6. The van der Waals surface area contributed by atoms with Crippen LogP contribution in [0.25, 0.3) is 11.2 Å². The van der Waals surface area contributed by atoms with Crippen LogP contribution in [0, 0.1) is 0 Å². The number of ether oxygens (including phenoxy) is 1. The molecule has 1 aliphatic heterocycles. The van der Waals surface area contributed by atoms with E-state index in [1.165, 1.54) is 17.2 Å². The number of fused-ring (bicyclic) bond motifs is 1. The molecule has 19 heavy (non-hydrogen) atoms. The Balaban J connectivity index is 2.06. The fourth-order valence-corrected chi connectivity index (χ4v) is 2.72. The van der Waals surface area contributed by atoms with Gasteiger partial charge in [0, 0.05) is 0 Å². The summed E-state index contributed by atoms with van der Waals surface area (Å²) in [5.41, 5.74) is 0.109. The monoisotopic (exact) mass is 331 g/mol. The van der Waals surface area contributed by atoms with Crippen LogP contribution in [0.2, 0.25) is 5.32 Å². The Kier molecular flexibility index (Phi) is 3.15. The molecule has 1 radical (unpaired) electrons. The summed E-state index contributed by atoms with van der Waals surface area (Å²) in [6, 6.07) is 0. The zero-order valence-electron chi connectivity index (χ0n) is 9.63. The molecule has 1 saturated heterocycles. The maximum atomic E-state index is 11.5. The molecule has 0 amide bonds. The number of aromatic amines is 1. The van der Waals surface area contributed by atoms with Gasteiger partial charge in [-0.25, -0.2) is 0 Å². The van der Waals surface area contributed by atoms with Crippen LogP contribution in [0.4, 0.5) is 0 Å². The van der Waals surface area contributed by atoms with E-state index in [9.17, 15) is 15.0 Å². The minimum absolute atomic E-state index is 0.166. The summed E-state index contributed by atoms with van der Waals surface area (Å²) in [6.45, 7) is 0. The van der Waals surface area contributed by atoms with Crippen molar-refractivity contribution in [2.45, 2.75) is 29.9 Å². The molecule has 2 aromatic rings. The molecule has 4 atom stereocenters. The first-order valence-electron chi connectivity index (χ1n) is 5.63. The van der Waals surface area contributed by atoms with Crippen molar-refractivity contribution < 1.29 is 14.9 Å². The van der Waals surface area contributed by atoms with E-state index in [0.717, 1.165) is 0 Å². The van der Waals surface area contributed by atoms with Gasteiger partial charge in [-0.2, -0.15) is 0 Å². The number of aliphatic hydroxyl groups is 2. The normalized spacial score (nSPS) is 31.1. The summed E-state index contributed by atoms with van der Waals surface area (Å²) in [4.78, 5) is 21.9. The second-order valence-electron chi connectivity index (χ2n) is 4.27. The van der Waals surface area contributed by atoms with Crippen LogP contribution in [0.3, 0.4) is 0 Å². The molecule has 1 aliphatic rings. The number of nitrogens with zero attached hydrogens (tertiary/aromatic N) is 3. The van der Waals surface area contributed by atoms with E-state index in [0.29, 0.717) is 11.0 Å². The molecule has 0 spiro atoms. The van der Waals surface area contributed by atoms with Crippen molar-refractivity contribution in [2.24, 2.45) is 0 Å². The van der Waals surface area contributed by atoms with E-state index >= 15 is 0 Å². The number of aliphatic hydroxyl groups excluding tert-OH is 2. The Morgan fingerprint density at radius 2 is 2.21 bits per heavy atom. The first-order chi connectivity index (χ1) is 9.13. The molecule has 1 fully saturated rings. The van der Waals surface area contributed by atoms with Gasteiger partial charge < -0.3 is 0 Å². The van der Waals surface area contributed by atoms with E-state index in [2.05, 4.69) is 31.0 Å². The van der Waals surface area contributed by atoms with Crippen LogP contribution < -0.4 is 5.56 Å². The molecular formula is C10H11N4O4Se. The number of nitrogens with one attached hydrogen (secondary N) is 1. The van der Waals surface area contributed by atoms with Crippen molar-refractivity contribution in [2.75, 3.05) is 0 Å². The predicted molar refractivity (Wildman–Crippen MR) is 64.6 cm³/mol. The third-order valence-electron chi connectivity index (χ3n) is 3.14. The van der Waals surface area contributed by atoms with Crippen molar-refractivity contribution >= 4 is 27.2 Å². The van der Waals surface area contributed by atoms with Gasteiger partial charge in [0.15, 0.2) is 0 Å². The molecule has 9 heteroatoms. The Bertz CT molecular complexity index is 656. The van der Waals surface area contributed by atoms with Crippen LogP contribution >= 0.6 is 0 Å². The number of H-pyrrole nitrogens is 1. The molecule has 0 unspecified atom stereocenters. The third-order valence-corrected chi connectivity index (χ3v) is 3.83. The van der Waals surface area contributed by atoms with Gasteiger partial charge in [-0.05, 0) is 0 Å². The SMILES string of the molecule is O=c1[nH]cnc2c1ncn2[C@@H]1O[C@H](C[Se])[C@@H](O)[C@H]1O. The van der Waals surface area contributed by atoms with E-state index in [1.807, 2.05) is 0 Å². The molecule has 0 aliphatic carbocycles. The van der Waals surface area contributed by atoms with Gasteiger partial charge >= 0.3 is 115 Å². The maximum absolute atomic E-state index is 11.5. The quantitative estimate of drug-likeness (QED) is 0.567. The summed E-state index contributed by atoms with van der Waals surface area (Å²) in [5, 5.41) is 20.3. The van der Waals surface area contributed by atoms with Gasteiger partial charge in [0.2, 0.25) is 0 Å². The van der Waals surface area contributed by atoms with Gasteiger partial charge in [-0.15, -0.1) is 0 Å². The molecule has 8 nitrogen and oxygen atoms in total. The Morgan fingerprint density at radius 1 is 1.42 bits per heavy atom. The molecule has 0 bridgehead atoms. The number of hydrogen-bond acceptors (Lipinski definition) is 6. The van der Waals surface area contributed by atoms with Crippen molar-refractivity contribution in [1.29, 1.82) is 0 Å². The van der Waals surface area contributed by atoms with Gasteiger partial charge in [0.25, 0.3) is 0 Å². The molecule has 3 heterocycles. The van der Waals surface area contributed by atoms with E-state index in [-0.39, 0.29) is 11.1 Å². The summed E-state index contributed by atoms with van der Waals surface area (Å²) >= 11 is 2.76. The average Bonchev–Trinajstić information content (AvgIpc) is 2.94. The summed E-state index contributed by atoms with van der Waals surface area (Å²) < 4.78 is 7.02. The third kappa shape index (κ3) is 1.90. The van der Waals surface area contributed by atoms with Crippen molar-refractivity contribution in [3.05, 3.63) is 23.0 Å². The van der Waals surface area contributed by atoms with E-state index in [4.69, 9.17) is 4.74 Å². The van der Waals surface area contributed by atoms with Gasteiger partial charge in [0.1, 0.15) is 0 Å². The van der Waals surface area contributed by atoms with Crippen molar-refractivity contribution in [3.8, 4) is 0 Å². The van der Waals surface area contributed by atoms with Crippen molar-refractivity contribution in [1.82, 2.24) is 19.5 Å². The Hall–Kier alpha value is -1.25. The van der Waals surface area contributed by atoms with Crippen LogP contribution in [0.5, 0.6) is 0 Å². The standard InChI is InChI=1S/C10H11N4O4Se/c15-6-4(1-19)18-10(7(6)16)14-3-13-5-8(14)11-2-12-9(5)17/h2-4,6-7,10,15-16H,1H2,(H,11,12,17)/t4-,6-,7-,10-/m1/s1. The molecule has 3 N–H and O–H groups in total. The fourth-order valence-electron chi connectivity index (χ4n) is 2.15. The van der Waals surface area contributed by atoms with Gasteiger partial charge in [-0.1, -0.05) is 0 Å². The van der Waals surface area contributed by atoms with Crippen LogP contribution in [0.1, 0.15) is 6.23 Å². The van der Waals surface area contributed by atoms with Crippen molar-refractivity contribution in [3.63, 3.8) is 0 Å². The van der Waals surface area contributed by atoms with Gasteiger partial charge in [-0.3, -0.25) is 0 Å². The Labute approximate surface area is 115 Å². The van der Waals surface area contributed by atoms with Crippen LogP contribution in [-0.2, 0) is 4.74 Å². The van der Waals surface area contributed by atoms with E-state index in [1.54, 1.807) is 0 Å². The topological polar surface area (TPSA) is 113 Å². The predicted octanol–water partition coefficient (Wildman–Crippen LogP) is -1.67. The Morgan fingerprint density at radius 3 is 2.89 bits per heavy atom. The fraction of sp³-hybridized carbons (Fsp3) is 0.500. The second kappa shape index (κ2) is 4.69. The minimum atomic E-state index is -1.10. The molecule has 0 saturated carbocycles. The van der Waals surface area contributed by atoms with E-state index < -0.39 is 24.5 Å². The second-order valence-corrected chi connectivity index (χ2v) is 4.97. The zero-order valence-corrected chi connectivity index (χ0v) is 11.3. The summed E-state index contributed by atoms with van der Waals surface area (Å²) in [5.74, 6) is 0.